The second kappa shape index (κ2) is 8.67. The monoisotopic (exact) mass is 458 g/mol. The van der Waals surface area contributed by atoms with E-state index >= 15 is 0 Å². The molecule has 32 heavy (non-hydrogen) atoms. The third kappa shape index (κ3) is 4.86. The zero-order valence-corrected chi connectivity index (χ0v) is 17.2. The number of amides is 1. The molecule has 0 saturated heterocycles. The Kier molecular flexibility index (Phi) is 5.78. The maximum atomic E-state index is 13.3. The van der Waals surface area contributed by atoms with E-state index in [0.29, 0.717) is 23.3 Å². The molecule has 0 aliphatic carbocycles. The van der Waals surface area contributed by atoms with Gasteiger partial charge in [0.1, 0.15) is 0 Å². The highest BCUT2D eigenvalue weighted by molar-refractivity contribution is 7.92. The van der Waals surface area contributed by atoms with Gasteiger partial charge in [-0.1, -0.05) is 6.07 Å². The summed E-state index contributed by atoms with van der Waals surface area (Å²) in [6.45, 7) is 0.163. The van der Waals surface area contributed by atoms with Crippen LogP contribution in [0.25, 0.3) is 6.08 Å². The van der Waals surface area contributed by atoms with Crippen LogP contribution in [-0.2, 0) is 14.8 Å². The predicted octanol–water partition coefficient (Wildman–Crippen LogP) is 4.15. The summed E-state index contributed by atoms with van der Waals surface area (Å²) in [6, 6.07) is 13.4. The first kappa shape index (κ1) is 21.3. The van der Waals surface area contributed by atoms with Crippen LogP contribution in [0.5, 0.6) is 11.5 Å². The van der Waals surface area contributed by atoms with E-state index in [2.05, 4.69) is 10.0 Å². The van der Waals surface area contributed by atoms with Gasteiger partial charge in [-0.05, 0) is 66.2 Å². The highest BCUT2D eigenvalue weighted by atomic mass is 32.2. The molecular weight excluding hydrogens is 442 g/mol. The Labute approximate surface area is 182 Å². The van der Waals surface area contributed by atoms with Gasteiger partial charge in [0, 0.05) is 17.5 Å². The van der Waals surface area contributed by atoms with Crippen LogP contribution in [0.15, 0.2) is 71.6 Å². The standard InChI is InChI=1S/C22H16F2N2O5S/c23-18-8-7-17(12-19(18)24)32(28,29)26-16-5-3-15(4-6-16)25-22(27)10-2-14-1-9-20-21(11-14)31-13-30-20/h1-12,26H,13H2,(H,25,27). The van der Waals surface area contributed by atoms with Crippen molar-refractivity contribution in [3.05, 3.63) is 83.9 Å². The summed E-state index contributed by atoms with van der Waals surface area (Å²) < 4.78 is 63.8. The number of sulfonamides is 1. The summed E-state index contributed by atoms with van der Waals surface area (Å²) in [7, 11) is -4.11. The minimum Gasteiger partial charge on any atom is -0.454 e. The highest BCUT2D eigenvalue weighted by Gasteiger charge is 2.17. The van der Waals surface area contributed by atoms with Crippen LogP contribution in [0.2, 0.25) is 0 Å². The Morgan fingerprint density at radius 2 is 1.59 bits per heavy atom. The molecule has 0 unspecified atom stereocenters. The van der Waals surface area contributed by atoms with Gasteiger partial charge in [-0.2, -0.15) is 0 Å². The lowest BCUT2D eigenvalue weighted by molar-refractivity contribution is -0.111. The lowest BCUT2D eigenvalue weighted by Crippen LogP contribution is -2.13. The van der Waals surface area contributed by atoms with Crippen LogP contribution in [-0.4, -0.2) is 21.1 Å². The summed E-state index contributed by atoms with van der Waals surface area (Å²) in [5.74, 6) is -1.55. The van der Waals surface area contributed by atoms with Gasteiger partial charge in [-0.15, -0.1) is 0 Å². The molecule has 3 aromatic rings. The van der Waals surface area contributed by atoms with Crippen molar-refractivity contribution in [2.45, 2.75) is 4.90 Å². The van der Waals surface area contributed by atoms with Gasteiger partial charge >= 0.3 is 0 Å². The molecule has 0 fully saturated rings. The molecule has 1 heterocycles. The van der Waals surface area contributed by atoms with E-state index in [-0.39, 0.29) is 12.5 Å². The van der Waals surface area contributed by atoms with Gasteiger partial charge in [0.05, 0.1) is 4.90 Å². The number of anilines is 2. The molecule has 1 aliphatic heterocycles. The molecule has 4 rings (SSSR count). The van der Waals surface area contributed by atoms with Crippen LogP contribution in [0.3, 0.4) is 0 Å². The maximum absolute atomic E-state index is 13.3. The molecule has 0 saturated carbocycles. The second-order valence-electron chi connectivity index (χ2n) is 6.69. The molecule has 0 bridgehead atoms. The molecule has 2 N–H and O–H groups in total. The number of rotatable bonds is 6. The molecule has 3 aromatic carbocycles. The number of ether oxygens (including phenoxy) is 2. The van der Waals surface area contributed by atoms with E-state index in [1.807, 2.05) is 0 Å². The summed E-state index contributed by atoms with van der Waals surface area (Å²) in [6.07, 6.45) is 2.96. The van der Waals surface area contributed by atoms with Crippen molar-refractivity contribution in [1.29, 1.82) is 0 Å². The van der Waals surface area contributed by atoms with Gasteiger partial charge in [0.15, 0.2) is 23.1 Å². The Hall–Kier alpha value is -3.92. The summed E-state index contributed by atoms with van der Waals surface area (Å²) in [5, 5.41) is 2.65. The molecule has 10 heteroatoms. The first-order valence-corrected chi connectivity index (χ1v) is 10.8. The Bertz CT molecular complexity index is 1310. The van der Waals surface area contributed by atoms with E-state index in [1.165, 1.54) is 30.3 Å². The zero-order valence-electron chi connectivity index (χ0n) is 16.3. The largest absolute Gasteiger partial charge is 0.454 e. The summed E-state index contributed by atoms with van der Waals surface area (Å²) >= 11 is 0. The van der Waals surface area contributed by atoms with Crippen LogP contribution in [0, 0.1) is 11.6 Å². The van der Waals surface area contributed by atoms with Gasteiger partial charge in [0.2, 0.25) is 12.7 Å². The number of halogens is 2. The molecule has 7 nitrogen and oxygen atoms in total. The number of hydrogen-bond acceptors (Lipinski definition) is 5. The van der Waals surface area contributed by atoms with Crippen LogP contribution >= 0.6 is 0 Å². The maximum Gasteiger partial charge on any atom is 0.261 e. The lowest BCUT2D eigenvalue weighted by atomic mass is 10.2. The molecule has 164 valence electrons. The SMILES string of the molecule is O=C(C=Cc1ccc2c(c1)OCO2)Nc1ccc(NS(=O)(=O)c2ccc(F)c(F)c2)cc1. The normalized spacial score (nSPS) is 12.7. The Balaban J connectivity index is 1.38. The second-order valence-corrected chi connectivity index (χ2v) is 8.38. The number of nitrogens with one attached hydrogen (secondary N) is 2. The molecular formula is C22H16F2N2O5S. The fourth-order valence-corrected chi connectivity index (χ4v) is 3.92. The number of benzene rings is 3. The molecule has 0 aromatic heterocycles. The third-order valence-electron chi connectivity index (χ3n) is 4.43. The van der Waals surface area contributed by atoms with Crippen LogP contribution in [0.4, 0.5) is 20.2 Å². The fourth-order valence-electron chi connectivity index (χ4n) is 2.85. The lowest BCUT2D eigenvalue weighted by Gasteiger charge is -2.09. The van der Waals surface area contributed by atoms with Crippen molar-refractivity contribution >= 4 is 33.4 Å². The van der Waals surface area contributed by atoms with Gasteiger partial charge in [0.25, 0.3) is 10.0 Å². The minimum absolute atomic E-state index is 0.163. The van der Waals surface area contributed by atoms with E-state index in [4.69, 9.17) is 9.47 Å². The summed E-state index contributed by atoms with van der Waals surface area (Å²) in [4.78, 5) is 11.7. The Morgan fingerprint density at radius 1 is 0.875 bits per heavy atom. The molecule has 0 spiro atoms. The van der Waals surface area contributed by atoms with Crippen molar-refractivity contribution in [3.8, 4) is 11.5 Å². The average molecular weight is 458 g/mol. The van der Waals surface area contributed by atoms with E-state index in [0.717, 1.165) is 17.7 Å². The first-order valence-electron chi connectivity index (χ1n) is 9.27. The van der Waals surface area contributed by atoms with Crippen molar-refractivity contribution in [3.63, 3.8) is 0 Å². The van der Waals surface area contributed by atoms with Crippen molar-refractivity contribution in [2.75, 3.05) is 16.8 Å². The van der Waals surface area contributed by atoms with E-state index < -0.39 is 32.5 Å². The molecule has 1 aliphatic rings. The molecule has 1 amide bonds. The quantitative estimate of drug-likeness (QED) is 0.542. The van der Waals surface area contributed by atoms with Crippen molar-refractivity contribution in [1.82, 2.24) is 0 Å². The van der Waals surface area contributed by atoms with Gasteiger partial charge < -0.3 is 14.8 Å². The fraction of sp³-hybridized carbons (Fsp3) is 0.0455. The smallest absolute Gasteiger partial charge is 0.261 e. The van der Waals surface area contributed by atoms with Crippen LogP contribution in [0.1, 0.15) is 5.56 Å². The predicted molar refractivity (Wildman–Crippen MR) is 114 cm³/mol. The van der Waals surface area contributed by atoms with Gasteiger partial charge in [-0.25, -0.2) is 17.2 Å². The van der Waals surface area contributed by atoms with E-state index in [9.17, 15) is 22.0 Å². The van der Waals surface area contributed by atoms with Gasteiger partial charge in [-0.3, -0.25) is 9.52 Å². The number of carbonyl (C=O) groups is 1. The molecule has 0 radical (unpaired) electrons. The van der Waals surface area contributed by atoms with Crippen molar-refractivity contribution < 1.29 is 31.5 Å². The average Bonchev–Trinajstić information content (AvgIpc) is 3.23. The third-order valence-corrected chi connectivity index (χ3v) is 5.81. The van der Waals surface area contributed by atoms with Crippen molar-refractivity contribution in [2.24, 2.45) is 0 Å². The first-order chi connectivity index (χ1) is 15.3. The minimum atomic E-state index is -4.11. The Morgan fingerprint density at radius 3 is 2.34 bits per heavy atom. The van der Waals surface area contributed by atoms with Crippen LogP contribution < -0.4 is 19.5 Å². The van der Waals surface area contributed by atoms with E-state index in [1.54, 1.807) is 24.3 Å². The number of carbonyl (C=O) groups excluding carboxylic acids is 1. The zero-order chi connectivity index (χ0) is 22.7. The highest BCUT2D eigenvalue weighted by Crippen LogP contribution is 2.32. The molecule has 0 atom stereocenters. The topological polar surface area (TPSA) is 93.7 Å². The summed E-state index contributed by atoms with van der Waals surface area (Å²) in [5.41, 5.74) is 1.37. The number of hydrogen-bond donors (Lipinski definition) is 2. The number of fused-ring (bicyclic) bond motifs is 1.